The molecule has 0 amide bonds. The normalized spacial score (nSPS) is 15.5. The second-order valence-corrected chi connectivity index (χ2v) is 5.00. The molecule has 1 atom stereocenters. The molecule has 0 aliphatic rings. The molecule has 1 unspecified atom stereocenters. The van der Waals surface area contributed by atoms with E-state index >= 15 is 0 Å². The molecule has 0 saturated heterocycles. The van der Waals surface area contributed by atoms with Crippen LogP contribution in [0.3, 0.4) is 0 Å². The Morgan fingerprint density at radius 1 is 1.62 bits per heavy atom. The third kappa shape index (κ3) is 4.00. The highest BCUT2D eigenvalue weighted by molar-refractivity contribution is 7.99. The summed E-state index contributed by atoms with van der Waals surface area (Å²) < 4.78 is 4.72. The zero-order valence-corrected chi connectivity index (χ0v) is 9.83. The van der Waals surface area contributed by atoms with E-state index in [4.69, 9.17) is 4.74 Å². The zero-order chi connectivity index (χ0) is 10.5. The lowest BCUT2D eigenvalue weighted by Crippen LogP contribution is -2.50. The average molecular weight is 205 g/mol. The summed E-state index contributed by atoms with van der Waals surface area (Å²) in [6, 6.07) is 0. The first-order chi connectivity index (χ1) is 5.96. The van der Waals surface area contributed by atoms with E-state index < -0.39 is 5.54 Å². The fourth-order valence-corrected chi connectivity index (χ4v) is 1.72. The Labute approximate surface area is 84.6 Å². The van der Waals surface area contributed by atoms with Crippen molar-refractivity contribution in [2.75, 3.05) is 19.9 Å². The average Bonchev–Trinajstić information content (AvgIpc) is 2.12. The molecule has 13 heavy (non-hydrogen) atoms. The molecule has 3 nitrogen and oxygen atoms in total. The highest BCUT2D eigenvalue weighted by atomic mass is 32.2. The fraction of sp³-hybridized carbons (Fsp3) is 0.889. The number of hydrogen-bond donors (Lipinski definition) is 1. The van der Waals surface area contributed by atoms with Crippen molar-refractivity contribution in [3.63, 3.8) is 0 Å². The van der Waals surface area contributed by atoms with Crippen LogP contribution in [0.15, 0.2) is 0 Å². The largest absolute Gasteiger partial charge is 0.468 e. The van der Waals surface area contributed by atoms with Gasteiger partial charge in [-0.25, -0.2) is 0 Å². The van der Waals surface area contributed by atoms with E-state index in [1.807, 2.05) is 6.92 Å². The number of rotatable bonds is 5. The second-order valence-electron chi connectivity index (χ2n) is 3.43. The number of hydrogen-bond acceptors (Lipinski definition) is 4. The summed E-state index contributed by atoms with van der Waals surface area (Å²) >= 11 is 1.74. The molecule has 0 rings (SSSR count). The van der Waals surface area contributed by atoms with Crippen molar-refractivity contribution in [2.45, 2.75) is 31.6 Å². The van der Waals surface area contributed by atoms with Crippen LogP contribution in [0.2, 0.25) is 0 Å². The molecule has 0 radical (unpaired) electrons. The van der Waals surface area contributed by atoms with Crippen molar-refractivity contribution in [1.29, 1.82) is 0 Å². The van der Waals surface area contributed by atoms with E-state index in [2.05, 4.69) is 19.2 Å². The maximum absolute atomic E-state index is 11.4. The topological polar surface area (TPSA) is 38.3 Å². The van der Waals surface area contributed by atoms with E-state index in [1.165, 1.54) is 7.11 Å². The number of esters is 1. The quantitative estimate of drug-likeness (QED) is 0.686. The van der Waals surface area contributed by atoms with Crippen LogP contribution in [-0.4, -0.2) is 36.7 Å². The minimum Gasteiger partial charge on any atom is -0.468 e. The smallest absolute Gasteiger partial charge is 0.326 e. The van der Waals surface area contributed by atoms with Crippen LogP contribution >= 0.6 is 11.8 Å². The first-order valence-corrected chi connectivity index (χ1v) is 5.40. The molecular weight excluding hydrogens is 186 g/mol. The van der Waals surface area contributed by atoms with Crippen LogP contribution in [-0.2, 0) is 9.53 Å². The summed E-state index contributed by atoms with van der Waals surface area (Å²) in [7, 11) is 3.19. The summed E-state index contributed by atoms with van der Waals surface area (Å²) in [6.45, 7) is 6.07. The summed E-state index contributed by atoms with van der Waals surface area (Å²) in [4.78, 5) is 11.4. The SMILES string of the molecule is CNC(C)(CSC(C)C)C(=O)OC. The van der Waals surface area contributed by atoms with E-state index in [0.717, 1.165) is 5.75 Å². The molecule has 0 saturated carbocycles. The number of nitrogens with one attached hydrogen (secondary N) is 1. The molecule has 0 aromatic carbocycles. The van der Waals surface area contributed by atoms with Gasteiger partial charge in [0.05, 0.1) is 7.11 Å². The number of methoxy groups -OCH3 is 1. The first kappa shape index (κ1) is 12.8. The molecule has 0 aromatic heterocycles. The highest BCUT2D eigenvalue weighted by Gasteiger charge is 2.32. The third-order valence-electron chi connectivity index (χ3n) is 1.89. The minimum absolute atomic E-state index is 0.205. The zero-order valence-electron chi connectivity index (χ0n) is 9.01. The Balaban J connectivity index is 4.19. The monoisotopic (exact) mass is 205 g/mol. The molecule has 0 spiro atoms. The molecule has 0 aromatic rings. The summed E-state index contributed by atoms with van der Waals surface area (Å²) in [6.07, 6.45) is 0. The Bertz CT molecular complexity index is 173. The fourth-order valence-electron chi connectivity index (χ4n) is 0.792. The molecule has 0 bridgehead atoms. The van der Waals surface area contributed by atoms with Crippen molar-refractivity contribution in [1.82, 2.24) is 5.32 Å². The minimum atomic E-state index is -0.566. The van der Waals surface area contributed by atoms with Crippen LogP contribution < -0.4 is 5.32 Å². The van der Waals surface area contributed by atoms with Gasteiger partial charge in [-0.05, 0) is 19.2 Å². The summed E-state index contributed by atoms with van der Waals surface area (Å²) in [5.41, 5.74) is -0.566. The van der Waals surface area contributed by atoms with Crippen LogP contribution in [0.1, 0.15) is 20.8 Å². The molecule has 4 heteroatoms. The Kier molecular flexibility index (Phi) is 5.40. The van der Waals surface area contributed by atoms with Gasteiger partial charge < -0.3 is 10.1 Å². The molecular formula is C9H19NO2S. The summed E-state index contributed by atoms with van der Waals surface area (Å²) in [5, 5.41) is 3.51. The van der Waals surface area contributed by atoms with Gasteiger partial charge in [-0.1, -0.05) is 13.8 Å². The number of carbonyl (C=O) groups is 1. The molecule has 0 fully saturated rings. The maximum atomic E-state index is 11.4. The van der Waals surface area contributed by atoms with E-state index in [0.29, 0.717) is 5.25 Å². The molecule has 78 valence electrons. The first-order valence-electron chi connectivity index (χ1n) is 4.35. The standard InChI is InChI=1S/C9H19NO2S/c1-7(2)13-6-9(3,10-4)8(11)12-5/h7,10H,6H2,1-5H3. The van der Waals surface area contributed by atoms with E-state index in [-0.39, 0.29) is 5.97 Å². The Morgan fingerprint density at radius 3 is 2.46 bits per heavy atom. The second kappa shape index (κ2) is 5.50. The van der Waals surface area contributed by atoms with E-state index in [1.54, 1.807) is 18.8 Å². The van der Waals surface area contributed by atoms with Gasteiger partial charge in [-0.2, -0.15) is 11.8 Å². The van der Waals surface area contributed by atoms with Crippen molar-refractivity contribution in [3.8, 4) is 0 Å². The predicted octanol–water partition coefficient (Wildman–Crippen LogP) is 1.28. The summed E-state index contributed by atoms with van der Waals surface area (Å²) in [5.74, 6) is 0.525. The van der Waals surface area contributed by atoms with E-state index in [9.17, 15) is 4.79 Å². The van der Waals surface area contributed by atoms with Crippen LogP contribution in [0.25, 0.3) is 0 Å². The van der Waals surface area contributed by atoms with Gasteiger partial charge in [0.15, 0.2) is 0 Å². The number of thioether (sulfide) groups is 1. The molecule has 1 N–H and O–H groups in total. The van der Waals surface area contributed by atoms with Gasteiger partial charge in [0.1, 0.15) is 5.54 Å². The highest BCUT2D eigenvalue weighted by Crippen LogP contribution is 2.18. The van der Waals surface area contributed by atoms with Crippen molar-refractivity contribution < 1.29 is 9.53 Å². The Hall–Kier alpha value is -0.220. The van der Waals surface area contributed by atoms with Crippen LogP contribution in [0.4, 0.5) is 0 Å². The van der Waals surface area contributed by atoms with Crippen molar-refractivity contribution in [3.05, 3.63) is 0 Å². The number of carbonyl (C=O) groups excluding carboxylic acids is 1. The van der Waals surface area contributed by atoms with Gasteiger partial charge in [0.2, 0.25) is 0 Å². The predicted molar refractivity (Wildman–Crippen MR) is 57.1 cm³/mol. The van der Waals surface area contributed by atoms with Gasteiger partial charge in [0.25, 0.3) is 0 Å². The van der Waals surface area contributed by atoms with Gasteiger partial charge in [-0.15, -0.1) is 0 Å². The maximum Gasteiger partial charge on any atom is 0.326 e. The van der Waals surface area contributed by atoms with Gasteiger partial charge in [0, 0.05) is 5.75 Å². The molecule has 0 aliphatic heterocycles. The van der Waals surface area contributed by atoms with Crippen LogP contribution in [0, 0.1) is 0 Å². The van der Waals surface area contributed by atoms with Gasteiger partial charge >= 0.3 is 5.97 Å². The lowest BCUT2D eigenvalue weighted by Gasteiger charge is -2.26. The number of ether oxygens (including phenoxy) is 1. The lowest BCUT2D eigenvalue weighted by atomic mass is 10.1. The Morgan fingerprint density at radius 2 is 2.15 bits per heavy atom. The number of likely N-dealkylation sites (N-methyl/N-ethyl adjacent to an activating group) is 1. The van der Waals surface area contributed by atoms with Gasteiger partial charge in [-0.3, -0.25) is 4.79 Å². The molecule has 0 aliphatic carbocycles. The van der Waals surface area contributed by atoms with Crippen molar-refractivity contribution >= 4 is 17.7 Å². The third-order valence-corrected chi connectivity index (χ3v) is 3.30. The lowest BCUT2D eigenvalue weighted by molar-refractivity contribution is -0.146. The van der Waals surface area contributed by atoms with Crippen molar-refractivity contribution in [2.24, 2.45) is 0 Å². The molecule has 0 heterocycles. The van der Waals surface area contributed by atoms with Crippen LogP contribution in [0.5, 0.6) is 0 Å².